The lowest BCUT2D eigenvalue weighted by Crippen LogP contribution is -2.09. The molecule has 0 aliphatic heterocycles. The summed E-state index contributed by atoms with van der Waals surface area (Å²) in [7, 11) is 0. The quantitative estimate of drug-likeness (QED) is 0.719. The maximum atomic E-state index is 5.33. The molecule has 3 aromatic rings. The maximum absolute atomic E-state index is 5.33. The van der Waals surface area contributed by atoms with Crippen molar-refractivity contribution in [1.82, 2.24) is 29.7 Å². The van der Waals surface area contributed by atoms with Crippen LogP contribution in [0.15, 0.2) is 29.2 Å². The molecule has 0 aliphatic rings. The van der Waals surface area contributed by atoms with Crippen LogP contribution in [0.2, 0.25) is 0 Å². The summed E-state index contributed by atoms with van der Waals surface area (Å²) in [4.78, 5) is 17.6. The maximum Gasteiger partial charge on any atom is 0.249 e. The Morgan fingerprint density at radius 3 is 2.64 bits per heavy atom. The van der Waals surface area contributed by atoms with Gasteiger partial charge >= 0.3 is 0 Å². The van der Waals surface area contributed by atoms with Gasteiger partial charge in [0.25, 0.3) is 0 Å². The Morgan fingerprint density at radius 1 is 1.09 bits per heavy atom. The van der Waals surface area contributed by atoms with Gasteiger partial charge < -0.3 is 9.09 Å². The molecule has 3 heterocycles. The fraction of sp³-hybridized carbons (Fsp3) is 0.400. The van der Waals surface area contributed by atoms with Crippen molar-refractivity contribution in [1.29, 1.82) is 0 Å². The summed E-state index contributed by atoms with van der Waals surface area (Å²) in [5.74, 6) is 2.84. The summed E-state index contributed by atoms with van der Waals surface area (Å²) in [6.07, 6.45) is 6.93. The molecule has 0 radical (unpaired) electrons. The fourth-order valence-corrected chi connectivity index (χ4v) is 2.22. The minimum absolute atomic E-state index is 0.106. The van der Waals surface area contributed by atoms with Gasteiger partial charge in [0.2, 0.25) is 5.89 Å². The van der Waals surface area contributed by atoms with E-state index in [1.807, 2.05) is 37.6 Å². The van der Waals surface area contributed by atoms with Crippen LogP contribution in [0.1, 0.15) is 44.4 Å². The second-order valence-electron chi connectivity index (χ2n) is 4.95. The Morgan fingerprint density at radius 2 is 1.91 bits per heavy atom. The summed E-state index contributed by atoms with van der Waals surface area (Å²) < 4.78 is 7.32. The van der Waals surface area contributed by atoms with Crippen LogP contribution in [0.25, 0.3) is 11.5 Å². The molecule has 7 nitrogen and oxygen atoms in total. The molecule has 3 rings (SSSR count). The molecule has 0 fully saturated rings. The molecule has 1 atom stereocenters. The Kier molecular flexibility index (Phi) is 3.95. The highest BCUT2D eigenvalue weighted by molar-refractivity contribution is 5.49. The number of aryl methyl sites for hydroxylation is 2. The number of aromatic nitrogens is 6. The molecule has 0 N–H and O–H groups in total. The van der Waals surface area contributed by atoms with Gasteiger partial charge in [0.1, 0.15) is 17.6 Å². The van der Waals surface area contributed by atoms with E-state index in [0.717, 1.165) is 30.2 Å². The van der Waals surface area contributed by atoms with Crippen molar-refractivity contribution in [2.75, 3.05) is 0 Å². The molecule has 7 heteroatoms. The summed E-state index contributed by atoms with van der Waals surface area (Å²) in [6, 6.07) is 1.75. The van der Waals surface area contributed by atoms with Crippen LogP contribution in [0, 0.1) is 0 Å². The van der Waals surface area contributed by atoms with Crippen LogP contribution in [0.3, 0.4) is 0 Å². The van der Waals surface area contributed by atoms with E-state index in [4.69, 9.17) is 4.52 Å². The SMILES string of the molecule is CCc1nccc(-c2nccn2[C@H](C)c2nc(CC)no2)n1. The molecule has 0 saturated heterocycles. The predicted molar refractivity (Wildman–Crippen MR) is 80.1 cm³/mol. The van der Waals surface area contributed by atoms with Crippen LogP contribution in [-0.2, 0) is 12.8 Å². The number of imidazole rings is 1. The number of hydrogen-bond acceptors (Lipinski definition) is 6. The van der Waals surface area contributed by atoms with E-state index in [0.29, 0.717) is 11.7 Å². The zero-order valence-electron chi connectivity index (χ0n) is 12.9. The largest absolute Gasteiger partial charge is 0.337 e. The normalized spacial score (nSPS) is 12.5. The Bertz CT molecular complexity index is 763. The van der Waals surface area contributed by atoms with Crippen LogP contribution >= 0.6 is 0 Å². The average Bonchev–Trinajstić information content (AvgIpc) is 3.23. The standard InChI is InChI=1S/C15H18N6O/c1-4-12-16-7-6-11(18-12)14-17-8-9-21(14)10(3)15-19-13(5-2)20-22-15/h6-10H,4-5H2,1-3H3/t10-/m1/s1. The van der Waals surface area contributed by atoms with E-state index in [9.17, 15) is 0 Å². The van der Waals surface area contributed by atoms with Crippen molar-refractivity contribution in [2.24, 2.45) is 0 Å². The zero-order valence-corrected chi connectivity index (χ0v) is 12.9. The van der Waals surface area contributed by atoms with E-state index in [1.165, 1.54) is 0 Å². The molecule has 0 bridgehead atoms. The second-order valence-corrected chi connectivity index (χ2v) is 4.95. The van der Waals surface area contributed by atoms with Gasteiger partial charge in [0.05, 0.1) is 0 Å². The smallest absolute Gasteiger partial charge is 0.249 e. The number of hydrogen-bond donors (Lipinski definition) is 0. The van der Waals surface area contributed by atoms with Gasteiger partial charge in [-0.1, -0.05) is 19.0 Å². The van der Waals surface area contributed by atoms with E-state index < -0.39 is 0 Å². The Hall–Kier alpha value is -2.57. The minimum atomic E-state index is -0.106. The molecule has 3 aromatic heterocycles. The van der Waals surface area contributed by atoms with Crippen LogP contribution in [0.4, 0.5) is 0 Å². The average molecular weight is 298 g/mol. The van der Waals surface area contributed by atoms with E-state index in [-0.39, 0.29) is 6.04 Å². The van der Waals surface area contributed by atoms with Crippen molar-refractivity contribution in [3.63, 3.8) is 0 Å². The topological polar surface area (TPSA) is 82.5 Å². The molecule has 0 spiro atoms. The Labute approximate surface area is 128 Å². The van der Waals surface area contributed by atoms with Crippen molar-refractivity contribution < 1.29 is 4.52 Å². The first-order chi connectivity index (χ1) is 10.7. The first kappa shape index (κ1) is 14.4. The minimum Gasteiger partial charge on any atom is -0.337 e. The highest BCUT2D eigenvalue weighted by Crippen LogP contribution is 2.23. The predicted octanol–water partition coefficient (Wildman–Crippen LogP) is 2.46. The number of nitrogens with zero attached hydrogens (tertiary/aromatic N) is 6. The van der Waals surface area contributed by atoms with Crippen molar-refractivity contribution in [3.8, 4) is 11.5 Å². The first-order valence-corrected chi connectivity index (χ1v) is 7.40. The second kappa shape index (κ2) is 6.05. The number of rotatable bonds is 5. The van der Waals surface area contributed by atoms with Gasteiger partial charge in [-0.3, -0.25) is 0 Å². The lowest BCUT2D eigenvalue weighted by atomic mass is 10.3. The van der Waals surface area contributed by atoms with Crippen molar-refractivity contribution >= 4 is 0 Å². The summed E-state index contributed by atoms with van der Waals surface area (Å²) in [6.45, 7) is 6.02. The van der Waals surface area contributed by atoms with Gasteiger partial charge in [0, 0.05) is 31.4 Å². The molecule has 0 saturated carbocycles. The molecule has 22 heavy (non-hydrogen) atoms. The van der Waals surface area contributed by atoms with Crippen molar-refractivity contribution in [2.45, 2.75) is 39.7 Å². The Balaban J connectivity index is 1.97. The van der Waals surface area contributed by atoms with Gasteiger partial charge in [-0.2, -0.15) is 4.98 Å². The van der Waals surface area contributed by atoms with Gasteiger partial charge in [-0.05, 0) is 13.0 Å². The lowest BCUT2D eigenvalue weighted by Gasteiger charge is -2.12. The fourth-order valence-electron chi connectivity index (χ4n) is 2.22. The first-order valence-electron chi connectivity index (χ1n) is 7.40. The molecular weight excluding hydrogens is 280 g/mol. The van der Waals surface area contributed by atoms with Crippen molar-refractivity contribution in [3.05, 3.63) is 42.2 Å². The van der Waals surface area contributed by atoms with E-state index in [2.05, 4.69) is 25.1 Å². The summed E-state index contributed by atoms with van der Waals surface area (Å²) in [5.41, 5.74) is 0.791. The third-order valence-corrected chi connectivity index (χ3v) is 3.49. The third kappa shape index (κ3) is 2.61. The monoisotopic (exact) mass is 298 g/mol. The van der Waals surface area contributed by atoms with Gasteiger partial charge in [-0.15, -0.1) is 0 Å². The van der Waals surface area contributed by atoms with Crippen LogP contribution in [0.5, 0.6) is 0 Å². The molecule has 114 valence electrons. The molecule has 0 unspecified atom stereocenters. The molecule has 0 amide bonds. The third-order valence-electron chi connectivity index (χ3n) is 3.49. The molecular formula is C15H18N6O. The van der Waals surface area contributed by atoms with Crippen LogP contribution in [-0.4, -0.2) is 29.7 Å². The lowest BCUT2D eigenvalue weighted by molar-refractivity contribution is 0.343. The molecule has 0 aliphatic carbocycles. The zero-order chi connectivity index (χ0) is 15.5. The molecule has 0 aromatic carbocycles. The summed E-state index contributed by atoms with van der Waals surface area (Å²) in [5, 5.41) is 3.95. The van der Waals surface area contributed by atoms with E-state index in [1.54, 1.807) is 12.4 Å². The van der Waals surface area contributed by atoms with Crippen LogP contribution < -0.4 is 0 Å². The highest BCUT2D eigenvalue weighted by Gasteiger charge is 2.19. The van der Waals surface area contributed by atoms with Gasteiger partial charge in [-0.25, -0.2) is 15.0 Å². The highest BCUT2D eigenvalue weighted by atomic mass is 16.5. The van der Waals surface area contributed by atoms with E-state index >= 15 is 0 Å². The summed E-state index contributed by atoms with van der Waals surface area (Å²) >= 11 is 0. The van der Waals surface area contributed by atoms with Gasteiger partial charge in [0.15, 0.2) is 11.6 Å².